The molecule has 0 amide bonds. The fourth-order valence-corrected chi connectivity index (χ4v) is 2.42. The van der Waals surface area contributed by atoms with Gasteiger partial charge in [-0.1, -0.05) is 0 Å². The van der Waals surface area contributed by atoms with Crippen LogP contribution in [0.15, 0.2) is 0 Å². The maximum atomic E-state index is 5.32. The first-order chi connectivity index (χ1) is 4.95. The summed E-state index contributed by atoms with van der Waals surface area (Å²) in [6.45, 7) is 3.67. The average Bonchev–Trinajstić information content (AvgIpc) is 2.78. The molecule has 3 heteroatoms. The molecule has 0 aliphatic carbocycles. The van der Waals surface area contributed by atoms with Crippen LogP contribution >= 0.6 is 11.8 Å². The Morgan fingerprint density at radius 3 is 2.60 bits per heavy atom. The minimum atomic E-state index is 0.613. The molecule has 3 rings (SSSR count). The van der Waals surface area contributed by atoms with Gasteiger partial charge in [0.25, 0.3) is 0 Å². The van der Waals surface area contributed by atoms with Gasteiger partial charge < -0.3 is 4.74 Å². The fraction of sp³-hybridized carbons (Fsp3) is 1.00. The van der Waals surface area contributed by atoms with Crippen molar-refractivity contribution in [3.8, 4) is 0 Å². The van der Waals surface area contributed by atoms with Crippen molar-refractivity contribution < 1.29 is 4.74 Å². The van der Waals surface area contributed by atoms with Crippen molar-refractivity contribution in [3.05, 3.63) is 0 Å². The highest BCUT2D eigenvalue weighted by Crippen LogP contribution is 2.41. The van der Waals surface area contributed by atoms with Crippen LogP contribution in [0.4, 0.5) is 0 Å². The molecule has 10 heavy (non-hydrogen) atoms. The van der Waals surface area contributed by atoms with Gasteiger partial charge in [-0.3, -0.25) is 4.90 Å². The standard InChI is InChI=1S/C7H11NOS/c1-2-8(1)7(5-3-9-5)6-4-10-6/h5-7H,1-4H2. The third-order valence-electron chi connectivity index (χ3n) is 2.38. The third kappa shape index (κ3) is 0.966. The SMILES string of the molecule is C1OC1C(C1CS1)N1CC1. The van der Waals surface area contributed by atoms with Gasteiger partial charge in [0.1, 0.15) is 0 Å². The summed E-state index contributed by atoms with van der Waals surface area (Å²) in [7, 11) is 0. The Kier molecular flexibility index (Phi) is 1.11. The molecule has 3 saturated heterocycles. The van der Waals surface area contributed by atoms with E-state index < -0.39 is 0 Å². The van der Waals surface area contributed by atoms with Crippen LogP contribution in [0.3, 0.4) is 0 Å². The summed E-state index contributed by atoms with van der Waals surface area (Å²) in [6.07, 6.45) is 0.613. The number of rotatable bonds is 3. The van der Waals surface area contributed by atoms with Gasteiger partial charge in [0.15, 0.2) is 0 Å². The van der Waals surface area contributed by atoms with Gasteiger partial charge in [-0.25, -0.2) is 0 Å². The first-order valence-corrected chi connectivity index (χ1v) is 4.97. The van der Waals surface area contributed by atoms with E-state index in [-0.39, 0.29) is 0 Å². The molecule has 2 nitrogen and oxygen atoms in total. The number of hydrogen-bond acceptors (Lipinski definition) is 3. The lowest BCUT2D eigenvalue weighted by atomic mass is 10.2. The zero-order valence-corrected chi connectivity index (χ0v) is 6.64. The van der Waals surface area contributed by atoms with E-state index >= 15 is 0 Å². The molecule has 3 unspecified atom stereocenters. The Labute approximate surface area is 64.9 Å². The number of epoxide rings is 1. The molecule has 3 aliphatic heterocycles. The molecule has 0 bridgehead atoms. The van der Waals surface area contributed by atoms with E-state index in [1.54, 1.807) is 0 Å². The van der Waals surface area contributed by atoms with Gasteiger partial charge in [-0.15, -0.1) is 0 Å². The summed E-state index contributed by atoms with van der Waals surface area (Å²) < 4.78 is 5.32. The highest BCUT2D eigenvalue weighted by molar-refractivity contribution is 8.07. The monoisotopic (exact) mass is 157 g/mol. The molecule has 0 aromatic carbocycles. The first-order valence-electron chi connectivity index (χ1n) is 3.92. The van der Waals surface area contributed by atoms with Crippen LogP contribution in [0.5, 0.6) is 0 Å². The Hall–Kier alpha value is 0.270. The van der Waals surface area contributed by atoms with Gasteiger partial charge in [0, 0.05) is 24.1 Å². The van der Waals surface area contributed by atoms with Gasteiger partial charge in [-0.05, 0) is 0 Å². The third-order valence-corrected chi connectivity index (χ3v) is 3.38. The second kappa shape index (κ2) is 1.90. The molecular weight excluding hydrogens is 146 g/mol. The van der Waals surface area contributed by atoms with Crippen LogP contribution in [0, 0.1) is 0 Å². The first kappa shape index (κ1) is 5.86. The van der Waals surface area contributed by atoms with Gasteiger partial charge >= 0.3 is 0 Å². The normalized spacial score (nSPS) is 46.8. The van der Waals surface area contributed by atoms with Crippen LogP contribution < -0.4 is 0 Å². The zero-order chi connectivity index (χ0) is 6.55. The molecule has 0 saturated carbocycles. The van der Waals surface area contributed by atoms with E-state index in [1.165, 1.54) is 18.8 Å². The molecule has 0 aromatic heterocycles. The smallest absolute Gasteiger partial charge is 0.0975 e. The van der Waals surface area contributed by atoms with Crippen molar-refractivity contribution in [2.24, 2.45) is 0 Å². The second-order valence-electron chi connectivity index (χ2n) is 3.27. The summed E-state index contributed by atoms with van der Waals surface area (Å²) in [6, 6.07) is 0.796. The van der Waals surface area contributed by atoms with E-state index in [2.05, 4.69) is 16.7 Å². The zero-order valence-electron chi connectivity index (χ0n) is 5.82. The molecule has 3 aliphatic rings. The van der Waals surface area contributed by atoms with E-state index in [9.17, 15) is 0 Å². The predicted molar refractivity (Wildman–Crippen MR) is 41.3 cm³/mol. The lowest BCUT2D eigenvalue weighted by Gasteiger charge is -2.12. The van der Waals surface area contributed by atoms with Crippen molar-refractivity contribution in [2.75, 3.05) is 25.4 Å². The lowest BCUT2D eigenvalue weighted by Crippen LogP contribution is -2.30. The largest absolute Gasteiger partial charge is 0.371 e. The Morgan fingerprint density at radius 2 is 2.20 bits per heavy atom. The van der Waals surface area contributed by atoms with E-state index in [1.807, 2.05) is 0 Å². The quantitative estimate of drug-likeness (QED) is 0.544. The van der Waals surface area contributed by atoms with E-state index in [0.29, 0.717) is 6.10 Å². The molecular formula is C7H11NOS. The average molecular weight is 157 g/mol. The Morgan fingerprint density at radius 1 is 1.50 bits per heavy atom. The van der Waals surface area contributed by atoms with Crippen LogP contribution in [-0.2, 0) is 4.74 Å². The molecule has 0 spiro atoms. The van der Waals surface area contributed by atoms with Crippen LogP contribution in [0.25, 0.3) is 0 Å². The molecule has 0 radical (unpaired) electrons. The van der Waals surface area contributed by atoms with Crippen LogP contribution in [0.1, 0.15) is 0 Å². The number of thioether (sulfide) groups is 1. The van der Waals surface area contributed by atoms with Crippen LogP contribution in [0.2, 0.25) is 0 Å². The molecule has 56 valence electrons. The predicted octanol–water partition coefficient (Wildman–Crippen LogP) is 0.185. The fourth-order valence-electron chi connectivity index (χ4n) is 1.57. The number of hydrogen-bond donors (Lipinski definition) is 0. The molecule has 3 fully saturated rings. The maximum Gasteiger partial charge on any atom is 0.0975 e. The number of ether oxygens (including phenoxy) is 1. The highest BCUT2D eigenvalue weighted by atomic mass is 32.2. The molecule has 3 atom stereocenters. The maximum absolute atomic E-state index is 5.32. The second-order valence-corrected chi connectivity index (χ2v) is 4.54. The van der Waals surface area contributed by atoms with Crippen molar-refractivity contribution in [1.29, 1.82) is 0 Å². The summed E-state index contributed by atoms with van der Waals surface area (Å²) in [4.78, 5) is 2.54. The van der Waals surface area contributed by atoms with Crippen LogP contribution in [-0.4, -0.2) is 47.7 Å². The molecule has 0 aromatic rings. The molecule has 3 heterocycles. The summed E-state index contributed by atoms with van der Waals surface area (Å²) in [5, 5.41) is 0.926. The van der Waals surface area contributed by atoms with Crippen molar-refractivity contribution in [1.82, 2.24) is 4.90 Å². The van der Waals surface area contributed by atoms with E-state index in [0.717, 1.165) is 17.9 Å². The van der Waals surface area contributed by atoms with Crippen molar-refractivity contribution >= 4 is 11.8 Å². The van der Waals surface area contributed by atoms with Crippen molar-refractivity contribution in [2.45, 2.75) is 17.4 Å². The summed E-state index contributed by atoms with van der Waals surface area (Å²) >= 11 is 2.09. The van der Waals surface area contributed by atoms with Crippen molar-refractivity contribution in [3.63, 3.8) is 0 Å². The lowest BCUT2D eigenvalue weighted by molar-refractivity contribution is 0.295. The molecule has 0 N–H and O–H groups in total. The number of nitrogens with zero attached hydrogens (tertiary/aromatic N) is 1. The van der Waals surface area contributed by atoms with E-state index in [4.69, 9.17) is 4.74 Å². The van der Waals surface area contributed by atoms with Gasteiger partial charge in [0.2, 0.25) is 0 Å². The summed E-state index contributed by atoms with van der Waals surface area (Å²) in [5.41, 5.74) is 0. The Bertz CT molecular complexity index is 123. The van der Waals surface area contributed by atoms with Gasteiger partial charge in [0.05, 0.1) is 18.8 Å². The minimum absolute atomic E-state index is 0.613. The Balaban J connectivity index is 1.69. The minimum Gasteiger partial charge on any atom is -0.371 e. The highest BCUT2D eigenvalue weighted by Gasteiger charge is 2.49. The van der Waals surface area contributed by atoms with Gasteiger partial charge in [-0.2, -0.15) is 11.8 Å². The summed E-state index contributed by atoms with van der Waals surface area (Å²) in [5.74, 6) is 1.38. The topological polar surface area (TPSA) is 15.5 Å².